The molecule has 1 aromatic carbocycles. The van der Waals surface area contributed by atoms with Gasteiger partial charge in [0, 0.05) is 18.8 Å². The number of hydrogen-bond donors (Lipinski definition) is 0. The SMILES string of the molecule is Cc1cccc(N2CCCC(C)C2)c1. The van der Waals surface area contributed by atoms with Crippen molar-refractivity contribution in [3.8, 4) is 0 Å². The Kier molecular flexibility index (Phi) is 2.76. The van der Waals surface area contributed by atoms with Gasteiger partial charge in [-0.05, 0) is 43.4 Å². The monoisotopic (exact) mass is 189 g/mol. The zero-order valence-electron chi connectivity index (χ0n) is 9.16. The third-order valence-electron chi connectivity index (χ3n) is 3.02. The molecule has 0 saturated carbocycles. The van der Waals surface area contributed by atoms with Crippen molar-refractivity contribution in [3.05, 3.63) is 29.8 Å². The fourth-order valence-corrected chi connectivity index (χ4v) is 2.25. The van der Waals surface area contributed by atoms with Crippen LogP contribution in [0, 0.1) is 12.8 Å². The van der Waals surface area contributed by atoms with E-state index >= 15 is 0 Å². The molecule has 0 radical (unpaired) electrons. The molecule has 1 heteroatoms. The lowest BCUT2D eigenvalue weighted by atomic mass is 9.99. The van der Waals surface area contributed by atoms with Gasteiger partial charge in [-0.3, -0.25) is 0 Å². The molecule has 1 atom stereocenters. The highest BCUT2D eigenvalue weighted by molar-refractivity contribution is 5.48. The Balaban J connectivity index is 2.14. The van der Waals surface area contributed by atoms with Gasteiger partial charge in [0.05, 0.1) is 0 Å². The third kappa shape index (κ3) is 2.09. The molecular weight excluding hydrogens is 170 g/mol. The van der Waals surface area contributed by atoms with Crippen LogP contribution >= 0.6 is 0 Å². The van der Waals surface area contributed by atoms with Crippen LogP contribution in [0.2, 0.25) is 0 Å². The molecule has 0 aromatic heterocycles. The van der Waals surface area contributed by atoms with Crippen LogP contribution < -0.4 is 4.90 Å². The summed E-state index contributed by atoms with van der Waals surface area (Å²) in [6.07, 6.45) is 2.73. The average molecular weight is 189 g/mol. The van der Waals surface area contributed by atoms with Crippen LogP contribution in [0.1, 0.15) is 25.3 Å². The number of benzene rings is 1. The van der Waals surface area contributed by atoms with E-state index in [0.717, 1.165) is 5.92 Å². The number of nitrogens with zero attached hydrogens (tertiary/aromatic N) is 1. The van der Waals surface area contributed by atoms with Gasteiger partial charge in [-0.25, -0.2) is 0 Å². The van der Waals surface area contributed by atoms with Crippen LogP contribution in [0.15, 0.2) is 24.3 Å². The van der Waals surface area contributed by atoms with Crippen LogP contribution in [0.3, 0.4) is 0 Å². The molecule has 1 aliphatic heterocycles. The molecule has 0 aliphatic carbocycles. The van der Waals surface area contributed by atoms with E-state index in [0.29, 0.717) is 0 Å². The van der Waals surface area contributed by atoms with Crippen LogP contribution in [0.5, 0.6) is 0 Å². The van der Waals surface area contributed by atoms with Crippen LogP contribution in [-0.2, 0) is 0 Å². The maximum absolute atomic E-state index is 2.52. The molecule has 0 spiro atoms. The summed E-state index contributed by atoms with van der Waals surface area (Å²) in [6, 6.07) is 8.84. The molecule has 0 amide bonds. The van der Waals surface area contributed by atoms with Gasteiger partial charge in [0.25, 0.3) is 0 Å². The van der Waals surface area contributed by atoms with E-state index in [1.54, 1.807) is 0 Å². The van der Waals surface area contributed by atoms with Gasteiger partial charge >= 0.3 is 0 Å². The minimum Gasteiger partial charge on any atom is -0.371 e. The number of aryl methyl sites for hydroxylation is 1. The van der Waals surface area contributed by atoms with Gasteiger partial charge in [-0.2, -0.15) is 0 Å². The first kappa shape index (κ1) is 9.57. The molecule has 1 fully saturated rings. The van der Waals surface area contributed by atoms with Crippen molar-refractivity contribution in [3.63, 3.8) is 0 Å². The van der Waals surface area contributed by atoms with E-state index in [9.17, 15) is 0 Å². The van der Waals surface area contributed by atoms with Crippen molar-refractivity contribution < 1.29 is 0 Å². The molecular formula is C13H19N. The Bertz CT molecular complexity index is 306. The van der Waals surface area contributed by atoms with Crippen molar-refractivity contribution in [2.75, 3.05) is 18.0 Å². The first-order chi connectivity index (χ1) is 6.75. The molecule has 0 bridgehead atoms. The fraction of sp³-hybridized carbons (Fsp3) is 0.538. The highest BCUT2D eigenvalue weighted by Crippen LogP contribution is 2.23. The minimum absolute atomic E-state index is 0.851. The van der Waals surface area contributed by atoms with Gasteiger partial charge in [0.15, 0.2) is 0 Å². The highest BCUT2D eigenvalue weighted by atomic mass is 15.1. The van der Waals surface area contributed by atoms with Gasteiger partial charge in [0.2, 0.25) is 0 Å². The summed E-state index contributed by atoms with van der Waals surface area (Å²) in [5.41, 5.74) is 2.76. The van der Waals surface area contributed by atoms with Crippen molar-refractivity contribution in [1.82, 2.24) is 0 Å². The minimum atomic E-state index is 0.851. The van der Waals surface area contributed by atoms with Crippen LogP contribution in [0.4, 0.5) is 5.69 Å². The second kappa shape index (κ2) is 4.04. The number of rotatable bonds is 1. The molecule has 1 unspecified atom stereocenters. The van der Waals surface area contributed by atoms with E-state index in [1.807, 2.05) is 0 Å². The smallest absolute Gasteiger partial charge is 0.0368 e. The van der Waals surface area contributed by atoms with Gasteiger partial charge in [-0.15, -0.1) is 0 Å². The summed E-state index contributed by atoms with van der Waals surface area (Å²) in [5.74, 6) is 0.851. The lowest BCUT2D eigenvalue weighted by Gasteiger charge is -2.32. The summed E-state index contributed by atoms with van der Waals surface area (Å²) >= 11 is 0. The Morgan fingerprint density at radius 3 is 2.93 bits per heavy atom. The zero-order valence-corrected chi connectivity index (χ0v) is 9.16. The lowest BCUT2D eigenvalue weighted by molar-refractivity contribution is 0.447. The maximum Gasteiger partial charge on any atom is 0.0368 e. The summed E-state index contributed by atoms with van der Waals surface area (Å²) in [5, 5.41) is 0. The first-order valence-corrected chi connectivity index (χ1v) is 5.57. The Morgan fingerprint density at radius 1 is 1.36 bits per heavy atom. The standard InChI is InChI=1S/C13H19N/c1-11-5-3-7-13(9-11)14-8-4-6-12(2)10-14/h3,5,7,9,12H,4,6,8,10H2,1-2H3. The van der Waals surface area contributed by atoms with E-state index < -0.39 is 0 Å². The van der Waals surface area contributed by atoms with Crippen molar-refractivity contribution >= 4 is 5.69 Å². The molecule has 1 nitrogen and oxygen atoms in total. The molecule has 0 N–H and O–H groups in total. The van der Waals surface area contributed by atoms with Crippen molar-refractivity contribution in [2.45, 2.75) is 26.7 Å². The molecule has 76 valence electrons. The lowest BCUT2D eigenvalue weighted by Crippen LogP contribution is -2.34. The summed E-state index contributed by atoms with van der Waals surface area (Å²) in [4.78, 5) is 2.52. The maximum atomic E-state index is 2.52. The molecule has 14 heavy (non-hydrogen) atoms. The van der Waals surface area contributed by atoms with Gasteiger partial charge in [-0.1, -0.05) is 19.1 Å². The number of piperidine rings is 1. The quantitative estimate of drug-likeness (QED) is 0.655. The van der Waals surface area contributed by atoms with Crippen molar-refractivity contribution in [2.24, 2.45) is 5.92 Å². The zero-order chi connectivity index (χ0) is 9.97. The number of anilines is 1. The fourth-order valence-electron chi connectivity index (χ4n) is 2.25. The van der Waals surface area contributed by atoms with Gasteiger partial charge in [0.1, 0.15) is 0 Å². The number of hydrogen-bond acceptors (Lipinski definition) is 1. The molecule has 1 saturated heterocycles. The first-order valence-electron chi connectivity index (χ1n) is 5.57. The second-order valence-electron chi connectivity index (χ2n) is 4.53. The highest BCUT2D eigenvalue weighted by Gasteiger charge is 2.16. The molecule has 1 aromatic rings. The summed E-state index contributed by atoms with van der Waals surface area (Å²) in [7, 11) is 0. The van der Waals surface area contributed by atoms with E-state index in [4.69, 9.17) is 0 Å². The van der Waals surface area contributed by atoms with E-state index in [1.165, 1.54) is 37.2 Å². The summed E-state index contributed by atoms with van der Waals surface area (Å²) < 4.78 is 0. The van der Waals surface area contributed by atoms with Crippen molar-refractivity contribution in [1.29, 1.82) is 0 Å². The molecule has 1 aliphatic rings. The molecule has 1 heterocycles. The van der Waals surface area contributed by atoms with Crippen LogP contribution in [-0.4, -0.2) is 13.1 Å². The second-order valence-corrected chi connectivity index (χ2v) is 4.53. The predicted molar refractivity (Wildman–Crippen MR) is 61.8 cm³/mol. The average Bonchev–Trinajstić information content (AvgIpc) is 2.18. The molecule has 2 rings (SSSR count). The largest absolute Gasteiger partial charge is 0.371 e. The predicted octanol–water partition coefficient (Wildman–Crippen LogP) is 3.23. The van der Waals surface area contributed by atoms with E-state index in [2.05, 4.69) is 43.0 Å². The Labute approximate surface area is 86.7 Å². The normalized spacial score (nSPS) is 22.4. The summed E-state index contributed by atoms with van der Waals surface area (Å²) in [6.45, 7) is 6.97. The van der Waals surface area contributed by atoms with E-state index in [-0.39, 0.29) is 0 Å². The Morgan fingerprint density at radius 2 is 2.21 bits per heavy atom. The Hall–Kier alpha value is -0.980. The third-order valence-corrected chi connectivity index (χ3v) is 3.02. The van der Waals surface area contributed by atoms with Crippen LogP contribution in [0.25, 0.3) is 0 Å². The topological polar surface area (TPSA) is 3.24 Å². The van der Waals surface area contributed by atoms with Gasteiger partial charge < -0.3 is 4.90 Å².